The van der Waals surface area contributed by atoms with Gasteiger partial charge in [-0.1, -0.05) is 189 Å². The highest BCUT2D eigenvalue weighted by atomic mass is 16.6. The number of carbonyl (C=O) groups is 3. The molecule has 0 N–H and O–H groups in total. The zero-order valence-corrected chi connectivity index (χ0v) is 40.8. The van der Waals surface area contributed by atoms with Crippen molar-refractivity contribution in [2.24, 2.45) is 0 Å². The zero-order chi connectivity index (χ0) is 45.8. The minimum absolute atomic E-state index is 0.0981. The average Bonchev–Trinajstić information content (AvgIpc) is 3.28. The molecule has 0 aromatic carbocycles. The van der Waals surface area contributed by atoms with Crippen molar-refractivity contribution in [3.05, 3.63) is 97.2 Å². The second-order valence-corrected chi connectivity index (χ2v) is 16.7. The molecule has 0 amide bonds. The van der Waals surface area contributed by atoms with Crippen LogP contribution in [0.2, 0.25) is 0 Å². The molecule has 0 radical (unpaired) electrons. The molecule has 0 fully saturated rings. The fourth-order valence-electron chi connectivity index (χ4n) is 6.73. The number of esters is 3. The first-order valence-electron chi connectivity index (χ1n) is 25.7. The van der Waals surface area contributed by atoms with Crippen LogP contribution < -0.4 is 0 Å². The molecule has 6 heteroatoms. The Morgan fingerprint density at radius 3 is 0.984 bits per heavy atom. The van der Waals surface area contributed by atoms with Crippen molar-refractivity contribution in [1.29, 1.82) is 0 Å². The van der Waals surface area contributed by atoms with Gasteiger partial charge in [-0.15, -0.1) is 0 Å². The predicted octanol–water partition coefficient (Wildman–Crippen LogP) is 17.0. The summed E-state index contributed by atoms with van der Waals surface area (Å²) < 4.78 is 16.8. The Bertz CT molecular complexity index is 1280. The van der Waals surface area contributed by atoms with Crippen LogP contribution >= 0.6 is 0 Å². The van der Waals surface area contributed by atoms with Crippen LogP contribution in [0, 0.1) is 0 Å². The van der Waals surface area contributed by atoms with Crippen molar-refractivity contribution in [2.45, 2.75) is 232 Å². The third-order valence-electron chi connectivity index (χ3n) is 10.6. The summed E-state index contributed by atoms with van der Waals surface area (Å²) in [6.45, 7) is 6.34. The molecular formula is C57H94O6. The molecular weight excluding hydrogens is 781 g/mol. The molecule has 0 aliphatic rings. The summed E-state index contributed by atoms with van der Waals surface area (Å²) in [7, 11) is 0. The normalized spacial score (nSPS) is 12.9. The number of hydrogen-bond acceptors (Lipinski definition) is 6. The van der Waals surface area contributed by atoms with Crippen LogP contribution in [0.1, 0.15) is 226 Å². The minimum Gasteiger partial charge on any atom is -0.462 e. The van der Waals surface area contributed by atoms with Gasteiger partial charge in [0.2, 0.25) is 0 Å². The van der Waals surface area contributed by atoms with E-state index in [4.69, 9.17) is 14.2 Å². The average molecular weight is 875 g/mol. The van der Waals surface area contributed by atoms with E-state index in [0.29, 0.717) is 19.3 Å². The number of hydrogen-bond donors (Lipinski definition) is 0. The van der Waals surface area contributed by atoms with Gasteiger partial charge in [0.1, 0.15) is 13.2 Å². The molecule has 63 heavy (non-hydrogen) atoms. The van der Waals surface area contributed by atoms with E-state index >= 15 is 0 Å². The highest BCUT2D eigenvalue weighted by molar-refractivity contribution is 5.71. The Morgan fingerprint density at radius 1 is 0.333 bits per heavy atom. The Labute approximate surface area is 387 Å². The summed E-state index contributed by atoms with van der Waals surface area (Å²) in [6, 6.07) is 0. The molecule has 0 aromatic rings. The third-order valence-corrected chi connectivity index (χ3v) is 10.6. The fourth-order valence-corrected chi connectivity index (χ4v) is 6.73. The van der Waals surface area contributed by atoms with Crippen molar-refractivity contribution >= 4 is 17.9 Å². The number of unbranched alkanes of at least 4 members (excludes halogenated alkanes) is 18. The van der Waals surface area contributed by atoms with Gasteiger partial charge in [0, 0.05) is 19.3 Å². The molecule has 0 unspecified atom stereocenters. The monoisotopic (exact) mass is 875 g/mol. The summed E-state index contributed by atoms with van der Waals surface area (Å²) >= 11 is 0. The van der Waals surface area contributed by atoms with Crippen LogP contribution in [-0.4, -0.2) is 37.2 Å². The van der Waals surface area contributed by atoms with Gasteiger partial charge in [0.15, 0.2) is 6.10 Å². The molecule has 0 heterocycles. The lowest BCUT2D eigenvalue weighted by Gasteiger charge is -2.18. The Hall–Kier alpha value is -3.67. The maximum absolute atomic E-state index is 12.8. The van der Waals surface area contributed by atoms with E-state index in [2.05, 4.69) is 118 Å². The van der Waals surface area contributed by atoms with Gasteiger partial charge in [0.25, 0.3) is 0 Å². The lowest BCUT2D eigenvalue weighted by Crippen LogP contribution is -2.30. The smallest absolute Gasteiger partial charge is 0.306 e. The highest BCUT2D eigenvalue weighted by Gasteiger charge is 2.19. The maximum Gasteiger partial charge on any atom is 0.306 e. The quantitative estimate of drug-likeness (QED) is 0.0262. The Balaban J connectivity index is 4.48. The van der Waals surface area contributed by atoms with Gasteiger partial charge >= 0.3 is 17.9 Å². The number of allylic oxidation sites excluding steroid dienone is 16. The van der Waals surface area contributed by atoms with Crippen molar-refractivity contribution < 1.29 is 28.6 Å². The molecule has 0 aromatic heterocycles. The van der Waals surface area contributed by atoms with Crippen LogP contribution in [0.3, 0.4) is 0 Å². The Morgan fingerprint density at radius 2 is 0.619 bits per heavy atom. The van der Waals surface area contributed by atoms with Gasteiger partial charge in [-0.25, -0.2) is 0 Å². The zero-order valence-electron chi connectivity index (χ0n) is 40.8. The van der Waals surface area contributed by atoms with E-state index in [9.17, 15) is 14.4 Å². The molecule has 0 bridgehead atoms. The third kappa shape index (κ3) is 49.2. The van der Waals surface area contributed by atoms with Crippen molar-refractivity contribution in [2.75, 3.05) is 13.2 Å². The molecule has 0 spiro atoms. The maximum atomic E-state index is 12.8. The van der Waals surface area contributed by atoms with Gasteiger partial charge < -0.3 is 14.2 Å². The van der Waals surface area contributed by atoms with Crippen molar-refractivity contribution in [1.82, 2.24) is 0 Å². The lowest BCUT2D eigenvalue weighted by atomic mass is 10.1. The molecule has 0 aliphatic carbocycles. The van der Waals surface area contributed by atoms with E-state index in [-0.39, 0.29) is 31.1 Å². The summed E-state index contributed by atoms with van der Waals surface area (Å²) in [4.78, 5) is 38.0. The Kier molecular flexibility index (Phi) is 48.0. The predicted molar refractivity (Wildman–Crippen MR) is 270 cm³/mol. The van der Waals surface area contributed by atoms with Gasteiger partial charge in [-0.3, -0.25) is 14.4 Å². The molecule has 358 valence electrons. The van der Waals surface area contributed by atoms with Crippen molar-refractivity contribution in [3.63, 3.8) is 0 Å². The van der Waals surface area contributed by atoms with E-state index in [1.165, 1.54) is 38.5 Å². The summed E-state index contributed by atoms with van der Waals surface area (Å²) in [6.07, 6.45) is 66.7. The van der Waals surface area contributed by atoms with Crippen LogP contribution in [0.15, 0.2) is 97.2 Å². The number of carbonyl (C=O) groups excluding carboxylic acids is 3. The van der Waals surface area contributed by atoms with E-state index < -0.39 is 6.10 Å². The van der Waals surface area contributed by atoms with Crippen LogP contribution in [-0.2, 0) is 28.6 Å². The highest BCUT2D eigenvalue weighted by Crippen LogP contribution is 2.13. The molecule has 1 atom stereocenters. The van der Waals surface area contributed by atoms with E-state index in [0.717, 1.165) is 148 Å². The second kappa shape index (κ2) is 51.0. The van der Waals surface area contributed by atoms with Crippen LogP contribution in [0.25, 0.3) is 0 Å². The van der Waals surface area contributed by atoms with Crippen LogP contribution in [0.4, 0.5) is 0 Å². The topological polar surface area (TPSA) is 78.9 Å². The van der Waals surface area contributed by atoms with Gasteiger partial charge in [0.05, 0.1) is 0 Å². The first-order valence-corrected chi connectivity index (χ1v) is 25.7. The molecule has 0 saturated heterocycles. The lowest BCUT2D eigenvalue weighted by molar-refractivity contribution is -0.167. The largest absolute Gasteiger partial charge is 0.462 e. The minimum atomic E-state index is -0.800. The molecule has 0 saturated carbocycles. The molecule has 6 nitrogen and oxygen atoms in total. The van der Waals surface area contributed by atoms with E-state index in [1.54, 1.807) is 0 Å². The molecule has 0 aliphatic heterocycles. The van der Waals surface area contributed by atoms with Gasteiger partial charge in [-0.2, -0.15) is 0 Å². The van der Waals surface area contributed by atoms with E-state index in [1.807, 2.05) is 0 Å². The SMILES string of the molecule is CC/C=C\C/C=C\C/C=C\C/C=C\CCCCCCC(=O)OC[C@H](COC(=O)CCCCCCC/C=C\CCCCCC)OC(=O)CCCCCCC/C=C\C/C=C\C/C=C\CC. The second-order valence-electron chi connectivity index (χ2n) is 16.7. The first-order chi connectivity index (χ1) is 31.0. The number of rotatable bonds is 45. The summed E-state index contributed by atoms with van der Waals surface area (Å²) in [5.74, 6) is -0.951. The summed E-state index contributed by atoms with van der Waals surface area (Å²) in [5.41, 5.74) is 0. The van der Waals surface area contributed by atoms with Crippen LogP contribution in [0.5, 0.6) is 0 Å². The summed E-state index contributed by atoms with van der Waals surface area (Å²) in [5, 5.41) is 0. The van der Waals surface area contributed by atoms with Gasteiger partial charge in [-0.05, 0) is 116 Å². The first kappa shape index (κ1) is 59.3. The van der Waals surface area contributed by atoms with Crippen molar-refractivity contribution in [3.8, 4) is 0 Å². The number of ether oxygens (including phenoxy) is 3. The molecule has 0 rings (SSSR count). The standard InChI is InChI=1S/C57H94O6/c1-4-7-10-13-16-19-22-25-27-28-30-32-35-38-41-44-47-50-56(59)62-53-54(52-61-55(58)49-46-43-40-37-34-31-24-21-18-15-12-9-6-3)63-57(60)51-48-45-42-39-36-33-29-26-23-20-17-14-11-8-5-2/h7-8,10-11,16-17,19-21,24-27,29-30,32,54H,4-6,9,12-15,18,22-23,28,31,33-53H2,1-3H3/b10-7-,11-8-,19-16-,20-17-,24-21-,27-25-,29-26-,32-30-/t54-/m0/s1. The fraction of sp³-hybridized carbons (Fsp3) is 0.667.